The summed E-state index contributed by atoms with van der Waals surface area (Å²) in [4.78, 5) is 16.3. The summed E-state index contributed by atoms with van der Waals surface area (Å²) in [5.74, 6) is -1.13. The summed E-state index contributed by atoms with van der Waals surface area (Å²) in [6.45, 7) is 0.453. The molecule has 7 heteroatoms. The third kappa shape index (κ3) is 3.43. The summed E-state index contributed by atoms with van der Waals surface area (Å²) >= 11 is 0. The number of carbonyl (C=O) groups is 1. The summed E-state index contributed by atoms with van der Waals surface area (Å²) in [6.07, 6.45) is 2.04. The molecular weight excluding hydrogens is 266 g/mol. The molecule has 0 saturated heterocycles. The first kappa shape index (κ1) is 14.2. The van der Waals surface area contributed by atoms with Crippen molar-refractivity contribution in [1.29, 1.82) is 0 Å². The summed E-state index contributed by atoms with van der Waals surface area (Å²) in [5.41, 5.74) is 5.88. The van der Waals surface area contributed by atoms with E-state index in [4.69, 9.17) is 5.73 Å². The van der Waals surface area contributed by atoms with Crippen molar-refractivity contribution in [3.63, 3.8) is 0 Å². The molecule has 20 heavy (non-hydrogen) atoms. The molecule has 0 unspecified atom stereocenters. The molecule has 1 saturated carbocycles. The van der Waals surface area contributed by atoms with Gasteiger partial charge >= 0.3 is 6.03 Å². The second-order valence-corrected chi connectivity index (χ2v) is 4.67. The van der Waals surface area contributed by atoms with Crippen LogP contribution in [0, 0.1) is 17.6 Å². The van der Waals surface area contributed by atoms with Gasteiger partial charge in [0.1, 0.15) is 11.6 Å². The maximum Gasteiger partial charge on any atom is 0.343 e. The van der Waals surface area contributed by atoms with Crippen LogP contribution in [0.2, 0.25) is 0 Å². The minimum atomic E-state index is -0.735. The van der Waals surface area contributed by atoms with E-state index in [2.05, 4.69) is 10.3 Å². The number of anilines is 1. The topological polar surface area (TPSA) is 70.7 Å². The number of halogens is 2. The van der Waals surface area contributed by atoms with Gasteiger partial charge in [0, 0.05) is 19.7 Å². The predicted octanol–water partition coefficient (Wildman–Crippen LogP) is 1.84. The van der Waals surface area contributed by atoms with Crippen LogP contribution in [0.5, 0.6) is 0 Å². The number of aliphatic imine (C=N–C) groups is 1. The summed E-state index contributed by atoms with van der Waals surface area (Å²) < 4.78 is 26.8. The van der Waals surface area contributed by atoms with E-state index in [0.717, 1.165) is 25.0 Å². The first-order chi connectivity index (χ1) is 9.51. The standard InChI is InChI=1S/C13H16F2N4O/c1-17-13(20)18-12(16)19(7-8-2-3-8)11-5-4-9(14)6-10(11)15/h4-6,8H,2-3,7H2,1H3,(H3,16,17,18,20). The maximum atomic E-state index is 13.9. The first-order valence-electron chi connectivity index (χ1n) is 6.29. The minimum Gasteiger partial charge on any atom is -0.369 e. The Hall–Kier alpha value is -2.18. The molecule has 0 bridgehead atoms. The molecule has 1 aromatic rings. The van der Waals surface area contributed by atoms with Crippen LogP contribution in [0.4, 0.5) is 19.3 Å². The van der Waals surface area contributed by atoms with E-state index in [-0.39, 0.29) is 11.6 Å². The van der Waals surface area contributed by atoms with Gasteiger partial charge in [-0.1, -0.05) is 0 Å². The fourth-order valence-corrected chi connectivity index (χ4v) is 1.79. The summed E-state index contributed by atoms with van der Waals surface area (Å²) in [7, 11) is 1.42. The van der Waals surface area contributed by atoms with Crippen molar-refractivity contribution in [2.45, 2.75) is 12.8 Å². The molecule has 0 radical (unpaired) electrons. The van der Waals surface area contributed by atoms with E-state index < -0.39 is 17.7 Å². The van der Waals surface area contributed by atoms with Crippen molar-refractivity contribution < 1.29 is 13.6 Å². The number of nitrogens with zero attached hydrogens (tertiary/aromatic N) is 2. The van der Waals surface area contributed by atoms with Crippen molar-refractivity contribution in [1.82, 2.24) is 5.32 Å². The number of rotatable bonds is 3. The van der Waals surface area contributed by atoms with Crippen molar-refractivity contribution >= 4 is 17.7 Å². The van der Waals surface area contributed by atoms with Gasteiger partial charge in [-0.05, 0) is 30.9 Å². The van der Waals surface area contributed by atoms with Crippen LogP contribution in [-0.4, -0.2) is 25.6 Å². The number of nitrogens with one attached hydrogen (secondary N) is 1. The fraction of sp³-hybridized carbons (Fsp3) is 0.385. The van der Waals surface area contributed by atoms with Gasteiger partial charge in [0.15, 0.2) is 0 Å². The lowest BCUT2D eigenvalue weighted by atomic mass is 10.2. The summed E-state index contributed by atoms with van der Waals surface area (Å²) in [5, 5.41) is 2.31. The molecule has 1 aliphatic rings. The van der Waals surface area contributed by atoms with Gasteiger partial charge in [0.05, 0.1) is 5.69 Å². The zero-order valence-corrected chi connectivity index (χ0v) is 11.1. The van der Waals surface area contributed by atoms with Crippen LogP contribution in [0.1, 0.15) is 12.8 Å². The Bertz CT molecular complexity index is 543. The molecule has 0 aromatic heterocycles. The van der Waals surface area contributed by atoms with Gasteiger partial charge in [-0.25, -0.2) is 13.6 Å². The van der Waals surface area contributed by atoms with E-state index in [1.807, 2.05) is 0 Å². The number of amides is 2. The third-order valence-corrected chi connectivity index (χ3v) is 3.04. The highest BCUT2D eigenvalue weighted by molar-refractivity contribution is 6.01. The van der Waals surface area contributed by atoms with Gasteiger partial charge < -0.3 is 16.0 Å². The van der Waals surface area contributed by atoms with Crippen molar-refractivity contribution in [3.8, 4) is 0 Å². The predicted molar refractivity (Wildman–Crippen MR) is 72.5 cm³/mol. The van der Waals surface area contributed by atoms with Crippen molar-refractivity contribution in [3.05, 3.63) is 29.8 Å². The Balaban J connectivity index is 2.30. The van der Waals surface area contributed by atoms with Gasteiger partial charge in [-0.3, -0.25) is 0 Å². The first-order valence-corrected chi connectivity index (χ1v) is 6.29. The van der Waals surface area contributed by atoms with Crippen LogP contribution >= 0.6 is 0 Å². The zero-order chi connectivity index (χ0) is 14.7. The molecule has 1 fully saturated rings. The Labute approximate surface area is 115 Å². The molecule has 2 rings (SSSR count). The quantitative estimate of drug-likeness (QED) is 0.656. The smallest absolute Gasteiger partial charge is 0.343 e. The molecule has 0 atom stereocenters. The SMILES string of the molecule is CNC(=O)N=C(N)N(CC1CC1)c1ccc(F)cc1F. The van der Waals surface area contributed by atoms with Crippen molar-refractivity contribution in [2.24, 2.45) is 16.6 Å². The van der Waals surface area contributed by atoms with Crippen LogP contribution in [0.25, 0.3) is 0 Å². The number of nitrogens with two attached hydrogens (primary N) is 1. The second kappa shape index (κ2) is 5.85. The molecule has 0 heterocycles. The molecule has 108 valence electrons. The number of carbonyl (C=O) groups excluding carboxylic acids is 1. The molecule has 2 amide bonds. The van der Waals surface area contributed by atoms with Crippen LogP contribution < -0.4 is 16.0 Å². The monoisotopic (exact) mass is 282 g/mol. The minimum absolute atomic E-state index is 0.109. The van der Waals surface area contributed by atoms with Gasteiger partial charge in [-0.2, -0.15) is 4.99 Å². The number of guanidine groups is 1. The van der Waals surface area contributed by atoms with E-state index in [1.54, 1.807) is 0 Å². The van der Waals surface area contributed by atoms with Crippen LogP contribution in [-0.2, 0) is 0 Å². The maximum absolute atomic E-state index is 13.9. The Morgan fingerprint density at radius 1 is 1.50 bits per heavy atom. The molecular formula is C13H16F2N4O. The van der Waals surface area contributed by atoms with Crippen LogP contribution in [0.3, 0.4) is 0 Å². The van der Waals surface area contributed by atoms with Gasteiger partial charge in [0.25, 0.3) is 0 Å². The lowest BCUT2D eigenvalue weighted by Gasteiger charge is -2.23. The Kier molecular flexibility index (Phi) is 4.16. The van der Waals surface area contributed by atoms with E-state index >= 15 is 0 Å². The molecule has 1 aromatic carbocycles. The lowest BCUT2D eigenvalue weighted by Crippen LogP contribution is -2.40. The highest BCUT2D eigenvalue weighted by Crippen LogP contribution is 2.32. The fourth-order valence-electron chi connectivity index (χ4n) is 1.79. The third-order valence-electron chi connectivity index (χ3n) is 3.04. The molecule has 0 spiro atoms. The highest BCUT2D eigenvalue weighted by atomic mass is 19.1. The average Bonchev–Trinajstić information content (AvgIpc) is 3.20. The number of benzene rings is 1. The van der Waals surface area contributed by atoms with E-state index in [0.29, 0.717) is 12.5 Å². The van der Waals surface area contributed by atoms with Crippen LogP contribution in [0.15, 0.2) is 23.2 Å². The van der Waals surface area contributed by atoms with E-state index in [1.165, 1.54) is 18.0 Å². The number of hydrogen-bond donors (Lipinski definition) is 2. The summed E-state index contributed by atoms with van der Waals surface area (Å²) in [6, 6.07) is 2.60. The molecule has 0 aliphatic heterocycles. The largest absolute Gasteiger partial charge is 0.369 e. The number of urea groups is 1. The molecule has 1 aliphatic carbocycles. The zero-order valence-electron chi connectivity index (χ0n) is 11.1. The average molecular weight is 282 g/mol. The van der Waals surface area contributed by atoms with Gasteiger partial charge in [-0.15, -0.1) is 0 Å². The number of hydrogen-bond acceptors (Lipinski definition) is 1. The molecule has 5 nitrogen and oxygen atoms in total. The highest BCUT2D eigenvalue weighted by Gasteiger charge is 2.27. The Morgan fingerprint density at radius 2 is 2.20 bits per heavy atom. The Morgan fingerprint density at radius 3 is 2.75 bits per heavy atom. The van der Waals surface area contributed by atoms with E-state index in [9.17, 15) is 13.6 Å². The van der Waals surface area contributed by atoms with Gasteiger partial charge in [0.2, 0.25) is 5.96 Å². The van der Waals surface area contributed by atoms with Crippen molar-refractivity contribution in [2.75, 3.05) is 18.5 Å². The second-order valence-electron chi connectivity index (χ2n) is 4.67. The molecule has 3 N–H and O–H groups in total. The normalized spacial score (nSPS) is 15.1. The lowest BCUT2D eigenvalue weighted by molar-refractivity contribution is 0.251.